The van der Waals surface area contributed by atoms with Crippen molar-refractivity contribution < 1.29 is 31.3 Å². The van der Waals surface area contributed by atoms with Crippen LogP contribution in [0.5, 0.6) is 0 Å². The third-order valence-electron chi connectivity index (χ3n) is 6.28. The fraction of sp³-hybridized carbons (Fsp3) is 0.941. The van der Waals surface area contributed by atoms with Crippen molar-refractivity contribution in [2.75, 3.05) is 6.61 Å². The zero-order valence-corrected chi connectivity index (χ0v) is 15.1. The van der Waals surface area contributed by atoms with E-state index >= 15 is 0 Å². The summed E-state index contributed by atoms with van der Waals surface area (Å²) in [6.45, 7) is -1.64. The lowest BCUT2D eigenvalue weighted by molar-refractivity contribution is -0.149. The van der Waals surface area contributed by atoms with Crippen molar-refractivity contribution >= 4 is 16.1 Å². The Bertz CT molecular complexity index is 581. The third-order valence-corrected chi connectivity index (χ3v) is 7.15. The van der Waals surface area contributed by atoms with Gasteiger partial charge in [-0.15, -0.1) is 0 Å². The molecule has 0 aliphatic heterocycles. The lowest BCUT2D eigenvalue weighted by Crippen LogP contribution is -2.45. The molecule has 0 saturated heterocycles. The molecular formula is C17H26F2O5S. The van der Waals surface area contributed by atoms with Crippen LogP contribution in [0.25, 0.3) is 0 Å². The van der Waals surface area contributed by atoms with Crippen LogP contribution in [0, 0.1) is 23.2 Å². The van der Waals surface area contributed by atoms with E-state index in [1.165, 1.54) is 38.5 Å². The van der Waals surface area contributed by atoms with Crippen LogP contribution in [0.15, 0.2) is 0 Å². The van der Waals surface area contributed by atoms with Crippen LogP contribution in [0.4, 0.5) is 8.78 Å². The highest BCUT2D eigenvalue weighted by molar-refractivity contribution is 7.86. The van der Waals surface area contributed by atoms with E-state index < -0.39 is 27.9 Å². The quantitative estimate of drug-likeness (QED) is 0.394. The summed E-state index contributed by atoms with van der Waals surface area (Å²) in [4.78, 5) is 11.5. The van der Waals surface area contributed by atoms with Gasteiger partial charge in [0, 0.05) is 6.42 Å². The topological polar surface area (TPSA) is 80.7 Å². The summed E-state index contributed by atoms with van der Waals surface area (Å²) in [6, 6.07) is 0. The molecule has 4 fully saturated rings. The maximum Gasteiger partial charge on any atom is 0.402 e. The number of halogens is 2. The Hall–Kier alpha value is -0.760. The Morgan fingerprint density at radius 1 is 1.08 bits per heavy atom. The van der Waals surface area contributed by atoms with Crippen LogP contribution in [-0.4, -0.2) is 30.8 Å². The fourth-order valence-corrected chi connectivity index (χ4v) is 5.88. The first-order valence-corrected chi connectivity index (χ1v) is 10.5. The average Bonchev–Trinajstić information content (AvgIpc) is 2.47. The molecule has 5 nitrogen and oxygen atoms in total. The van der Waals surface area contributed by atoms with Crippen LogP contribution < -0.4 is 0 Å². The number of unbranched alkanes of at least 4 members (excludes halogenated alkanes) is 1. The lowest BCUT2D eigenvalue weighted by Gasteiger charge is -2.57. The standard InChI is InChI=1S/C17H26F2O5S/c18-17(19,25(21,22)23)11-24-15(20)3-1-2-4-16-8-12-5-13(9-16)7-14(6-12)10-16/h12-14H,1-11H2,(H,21,22,23). The van der Waals surface area contributed by atoms with Crippen LogP contribution in [0.2, 0.25) is 0 Å². The minimum atomic E-state index is -5.56. The van der Waals surface area contributed by atoms with E-state index in [2.05, 4.69) is 4.74 Å². The van der Waals surface area contributed by atoms with Crippen LogP contribution in [0.1, 0.15) is 64.2 Å². The number of rotatable bonds is 8. The van der Waals surface area contributed by atoms with Gasteiger partial charge in [-0.2, -0.15) is 17.2 Å². The van der Waals surface area contributed by atoms with E-state index in [4.69, 9.17) is 4.55 Å². The Labute approximate surface area is 147 Å². The Balaban J connectivity index is 1.37. The van der Waals surface area contributed by atoms with Crippen molar-refractivity contribution in [2.45, 2.75) is 69.5 Å². The van der Waals surface area contributed by atoms with Crippen LogP contribution in [0.3, 0.4) is 0 Å². The second-order valence-corrected chi connectivity index (χ2v) is 9.95. The lowest BCUT2D eigenvalue weighted by atomic mass is 9.48. The van der Waals surface area contributed by atoms with Crippen LogP contribution in [-0.2, 0) is 19.6 Å². The Kier molecular flexibility index (Phi) is 5.14. The van der Waals surface area contributed by atoms with Crippen molar-refractivity contribution in [3.05, 3.63) is 0 Å². The fourth-order valence-electron chi connectivity index (χ4n) is 5.68. The summed E-state index contributed by atoms with van der Waals surface area (Å²) >= 11 is 0. The molecule has 0 spiro atoms. The molecule has 4 rings (SSSR count). The second-order valence-electron chi connectivity index (χ2n) is 8.40. The van der Waals surface area contributed by atoms with Crippen molar-refractivity contribution in [1.29, 1.82) is 0 Å². The minimum Gasteiger partial charge on any atom is -0.458 e. The molecule has 4 saturated carbocycles. The van der Waals surface area contributed by atoms with Crippen molar-refractivity contribution in [3.8, 4) is 0 Å². The molecule has 1 N–H and O–H groups in total. The van der Waals surface area contributed by atoms with Gasteiger partial charge < -0.3 is 4.74 Å². The minimum absolute atomic E-state index is 0.00603. The molecular weight excluding hydrogens is 354 g/mol. The molecule has 0 aromatic rings. The molecule has 144 valence electrons. The van der Waals surface area contributed by atoms with Gasteiger partial charge in [0.2, 0.25) is 0 Å². The Morgan fingerprint density at radius 3 is 2.08 bits per heavy atom. The zero-order chi connectivity index (χ0) is 18.3. The molecule has 0 aromatic heterocycles. The molecule has 4 aliphatic rings. The first-order chi connectivity index (χ1) is 11.6. The predicted octanol–water partition coefficient (Wildman–Crippen LogP) is 3.79. The zero-order valence-electron chi connectivity index (χ0n) is 14.3. The highest BCUT2D eigenvalue weighted by Crippen LogP contribution is 2.61. The normalized spacial score (nSPS) is 34.3. The number of esters is 1. The predicted molar refractivity (Wildman–Crippen MR) is 86.5 cm³/mol. The van der Waals surface area contributed by atoms with Gasteiger partial charge in [0.05, 0.1) is 0 Å². The molecule has 0 atom stereocenters. The van der Waals surface area contributed by atoms with E-state index in [9.17, 15) is 22.0 Å². The second kappa shape index (κ2) is 6.76. The molecule has 4 aliphatic carbocycles. The summed E-state index contributed by atoms with van der Waals surface area (Å²) in [5, 5.41) is -4.46. The monoisotopic (exact) mass is 380 g/mol. The number of carbonyl (C=O) groups excluding carboxylic acids is 1. The van der Waals surface area contributed by atoms with E-state index in [1.54, 1.807) is 0 Å². The highest BCUT2D eigenvalue weighted by atomic mass is 32.2. The third kappa shape index (κ3) is 4.32. The SMILES string of the molecule is O=C(CCCCC12CC3CC(CC(C3)C1)C2)OCC(F)(F)S(=O)(=O)O. The number of hydrogen-bond acceptors (Lipinski definition) is 4. The van der Waals surface area contributed by atoms with Crippen LogP contribution >= 0.6 is 0 Å². The van der Waals surface area contributed by atoms with E-state index in [1.807, 2.05) is 0 Å². The van der Waals surface area contributed by atoms with Gasteiger partial charge in [0.15, 0.2) is 6.61 Å². The number of hydrogen-bond donors (Lipinski definition) is 1. The summed E-state index contributed by atoms with van der Waals surface area (Å²) < 4.78 is 59.5. The number of ether oxygens (including phenoxy) is 1. The van der Waals surface area contributed by atoms with Gasteiger partial charge in [0.25, 0.3) is 0 Å². The highest BCUT2D eigenvalue weighted by Gasteiger charge is 2.50. The van der Waals surface area contributed by atoms with Crippen molar-refractivity contribution in [1.82, 2.24) is 0 Å². The van der Waals surface area contributed by atoms with Crippen molar-refractivity contribution in [2.24, 2.45) is 23.2 Å². The van der Waals surface area contributed by atoms with Gasteiger partial charge in [0.1, 0.15) is 0 Å². The van der Waals surface area contributed by atoms with Gasteiger partial charge in [-0.05, 0) is 74.5 Å². The maximum absolute atomic E-state index is 13.0. The van der Waals surface area contributed by atoms with Gasteiger partial charge >= 0.3 is 21.3 Å². The average molecular weight is 380 g/mol. The molecule has 0 amide bonds. The smallest absolute Gasteiger partial charge is 0.402 e. The number of alkyl halides is 2. The molecule has 4 bridgehead atoms. The first-order valence-electron chi connectivity index (χ1n) is 9.09. The van der Waals surface area contributed by atoms with E-state index in [-0.39, 0.29) is 6.42 Å². The summed E-state index contributed by atoms with van der Waals surface area (Å²) in [5.41, 5.74) is 0.427. The summed E-state index contributed by atoms with van der Waals surface area (Å²) in [5.74, 6) is 1.77. The molecule has 25 heavy (non-hydrogen) atoms. The Morgan fingerprint density at radius 2 is 1.60 bits per heavy atom. The largest absolute Gasteiger partial charge is 0.458 e. The van der Waals surface area contributed by atoms with E-state index in [0.29, 0.717) is 11.8 Å². The molecule has 0 radical (unpaired) electrons. The van der Waals surface area contributed by atoms with Gasteiger partial charge in [-0.25, -0.2) is 0 Å². The summed E-state index contributed by atoms with van der Waals surface area (Å²) in [7, 11) is -5.56. The molecule has 0 aromatic carbocycles. The molecule has 0 heterocycles. The first kappa shape index (κ1) is 19.0. The van der Waals surface area contributed by atoms with Crippen molar-refractivity contribution in [3.63, 3.8) is 0 Å². The van der Waals surface area contributed by atoms with Gasteiger partial charge in [-0.3, -0.25) is 9.35 Å². The van der Waals surface area contributed by atoms with Gasteiger partial charge in [-0.1, -0.05) is 6.42 Å². The van der Waals surface area contributed by atoms with E-state index in [0.717, 1.165) is 30.6 Å². The number of carbonyl (C=O) groups is 1. The summed E-state index contributed by atoms with van der Waals surface area (Å²) in [6.07, 6.45) is 10.5. The molecule has 8 heteroatoms. The molecule has 0 unspecified atom stereocenters. The maximum atomic E-state index is 13.0.